The zero-order valence-electron chi connectivity index (χ0n) is 11.3. The van der Waals surface area contributed by atoms with Crippen LogP contribution >= 0.6 is 0 Å². The van der Waals surface area contributed by atoms with Crippen LogP contribution in [0.15, 0.2) is 18.2 Å². The van der Waals surface area contributed by atoms with E-state index in [-0.39, 0.29) is 17.4 Å². The lowest BCUT2D eigenvalue weighted by Crippen LogP contribution is -2.46. The standard InChI is InChI=1S/C14H21NO4/c1-3-9(8-14(2,15)13(18)19)7-10-5-4-6-11(16)12(10)17/h4-6,9,16-17H,3,7-8,15H2,1-2H3,(H,18,19). The zero-order chi connectivity index (χ0) is 14.6. The first-order chi connectivity index (χ1) is 8.77. The molecule has 106 valence electrons. The van der Waals surface area contributed by atoms with E-state index in [4.69, 9.17) is 10.8 Å². The molecule has 0 saturated carbocycles. The molecule has 0 spiro atoms. The summed E-state index contributed by atoms with van der Waals surface area (Å²) in [6.45, 7) is 3.43. The molecular weight excluding hydrogens is 246 g/mol. The van der Waals surface area contributed by atoms with E-state index < -0.39 is 11.5 Å². The Labute approximate surface area is 112 Å². The Hall–Kier alpha value is -1.75. The van der Waals surface area contributed by atoms with Crippen molar-refractivity contribution in [2.45, 2.75) is 38.6 Å². The van der Waals surface area contributed by atoms with Crippen LogP contribution < -0.4 is 5.73 Å². The zero-order valence-corrected chi connectivity index (χ0v) is 11.3. The van der Waals surface area contributed by atoms with Crippen LogP contribution in [0.5, 0.6) is 11.5 Å². The van der Waals surface area contributed by atoms with Crippen molar-refractivity contribution in [2.75, 3.05) is 0 Å². The topological polar surface area (TPSA) is 104 Å². The molecule has 0 amide bonds. The molecule has 0 bridgehead atoms. The van der Waals surface area contributed by atoms with E-state index in [1.807, 2.05) is 6.92 Å². The minimum absolute atomic E-state index is 0.0267. The van der Waals surface area contributed by atoms with Crippen LogP contribution in [-0.4, -0.2) is 26.8 Å². The highest BCUT2D eigenvalue weighted by Crippen LogP contribution is 2.32. The van der Waals surface area contributed by atoms with Gasteiger partial charge in [-0.3, -0.25) is 4.79 Å². The molecule has 0 aromatic heterocycles. The number of carboxylic acid groups (broad SMARTS) is 1. The summed E-state index contributed by atoms with van der Waals surface area (Å²) in [5.74, 6) is -1.32. The highest BCUT2D eigenvalue weighted by Gasteiger charge is 2.31. The maximum absolute atomic E-state index is 11.0. The summed E-state index contributed by atoms with van der Waals surface area (Å²) in [7, 11) is 0. The lowest BCUT2D eigenvalue weighted by Gasteiger charge is -2.25. The number of hydrogen-bond donors (Lipinski definition) is 4. The van der Waals surface area contributed by atoms with Crippen molar-refractivity contribution < 1.29 is 20.1 Å². The third-order valence-corrected chi connectivity index (χ3v) is 3.39. The van der Waals surface area contributed by atoms with Gasteiger partial charge in [0.15, 0.2) is 11.5 Å². The molecule has 0 saturated heterocycles. The van der Waals surface area contributed by atoms with Gasteiger partial charge in [-0.2, -0.15) is 0 Å². The van der Waals surface area contributed by atoms with E-state index in [0.29, 0.717) is 18.4 Å². The molecule has 0 fully saturated rings. The van der Waals surface area contributed by atoms with Gasteiger partial charge >= 0.3 is 5.97 Å². The van der Waals surface area contributed by atoms with Crippen molar-refractivity contribution >= 4 is 5.97 Å². The lowest BCUT2D eigenvalue weighted by molar-refractivity contribution is -0.143. The fourth-order valence-corrected chi connectivity index (χ4v) is 2.10. The van der Waals surface area contributed by atoms with Crippen LogP contribution in [0.1, 0.15) is 32.3 Å². The molecule has 19 heavy (non-hydrogen) atoms. The molecule has 0 aliphatic carbocycles. The van der Waals surface area contributed by atoms with E-state index in [1.54, 1.807) is 12.1 Å². The summed E-state index contributed by atoms with van der Waals surface area (Å²) in [6.07, 6.45) is 1.54. The lowest BCUT2D eigenvalue weighted by atomic mass is 9.84. The molecule has 5 heteroatoms. The van der Waals surface area contributed by atoms with Crippen molar-refractivity contribution in [2.24, 2.45) is 11.7 Å². The predicted octanol–water partition coefficient (Wildman–Crippen LogP) is 1.86. The smallest absolute Gasteiger partial charge is 0.323 e. The summed E-state index contributed by atoms with van der Waals surface area (Å²) in [4.78, 5) is 11.0. The van der Waals surface area contributed by atoms with Crippen molar-refractivity contribution in [1.82, 2.24) is 0 Å². The fraction of sp³-hybridized carbons (Fsp3) is 0.500. The average molecular weight is 267 g/mol. The second-order valence-corrected chi connectivity index (χ2v) is 5.19. The third-order valence-electron chi connectivity index (χ3n) is 3.39. The molecule has 1 rings (SSSR count). The molecule has 5 N–H and O–H groups in total. The van der Waals surface area contributed by atoms with Crippen LogP contribution in [0.2, 0.25) is 0 Å². The molecule has 2 unspecified atom stereocenters. The number of rotatable bonds is 6. The van der Waals surface area contributed by atoms with Gasteiger partial charge in [0.05, 0.1) is 0 Å². The normalized spacial score (nSPS) is 15.7. The Morgan fingerprint density at radius 3 is 2.58 bits per heavy atom. The van der Waals surface area contributed by atoms with Gasteiger partial charge in [-0.1, -0.05) is 25.5 Å². The Balaban J connectivity index is 2.83. The minimum atomic E-state index is -1.28. The highest BCUT2D eigenvalue weighted by molar-refractivity contribution is 5.77. The molecule has 0 heterocycles. The molecule has 0 aliphatic heterocycles. The van der Waals surface area contributed by atoms with Crippen molar-refractivity contribution in [1.29, 1.82) is 0 Å². The average Bonchev–Trinajstić information content (AvgIpc) is 2.33. The summed E-state index contributed by atoms with van der Waals surface area (Å²) in [5.41, 5.74) is 5.07. The van der Waals surface area contributed by atoms with E-state index in [1.165, 1.54) is 13.0 Å². The Kier molecular flexibility index (Phi) is 4.78. The molecule has 0 aliphatic rings. The number of para-hydroxylation sites is 1. The van der Waals surface area contributed by atoms with Gasteiger partial charge in [-0.25, -0.2) is 0 Å². The van der Waals surface area contributed by atoms with Crippen molar-refractivity contribution in [3.8, 4) is 11.5 Å². The number of aliphatic carboxylic acids is 1. The van der Waals surface area contributed by atoms with E-state index in [2.05, 4.69) is 0 Å². The van der Waals surface area contributed by atoms with Gasteiger partial charge in [0, 0.05) is 0 Å². The number of carboxylic acids is 1. The first kappa shape index (κ1) is 15.3. The Morgan fingerprint density at radius 1 is 1.42 bits per heavy atom. The second-order valence-electron chi connectivity index (χ2n) is 5.19. The van der Waals surface area contributed by atoms with Gasteiger partial charge in [0.1, 0.15) is 5.54 Å². The molecule has 1 aromatic rings. The number of aromatic hydroxyl groups is 2. The van der Waals surface area contributed by atoms with E-state index in [9.17, 15) is 15.0 Å². The summed E-state index contributed by atoms with van der Waals surface area (Å²) < 4.78 is 0. The largest absolute Gasteiger partial charge is 0.504 e. The van der Waals surface area contributed by atoms with Gasteiger partial charge in [-0.15, -0.1) is 0 Å². The van der Waals surface area contributed by atoms with Crippen LogP contribution in [0.25, 0.3) is 0 Å². The van der Waals surface area contributed by atoms with Gasteiger partial charge in [0.25, 0.3) is 0 Å². The predicted molar refractivity (Wildman–Crippen MR) is 72.1 cm³/mol. The first-order valence-electron chi connectivity index (χ1n) is 6.30. The van der Waals surface area contributed by atoms with Crippen LogP contribution in [0, 0.1) is 5.92 Å². The second kappa shape index (κ2) is 5.93. The number of nitrogens with two attached hydrogens (primary N) is 1. The van der Waals surface area contributed by atoms with Gasteiger partial charge < -0.3 is 21.1 Å². The van der Waals surface area contributed by atoms with Crippen LogP contribution in [-0.2, 0) is 11.2 Å². The van der Waals surface area contributed by atoms with E-state index >= 15 is 0 Å². The van der Waals surface area contributed by atoms with Crippen LogP contribution in [0.4, 0.5) is 0 Å². The molecule has 2 atom stereocenters. The van der Waals surface area contributed by atoms with Gasteiger partial charge in [0.2, 0.25) is 0 Å². The number of hydrogen-bond acceptors (Lipinski definition) is 4. The number of benzene rings is 1. The summed E-state index contributed by atoms with van der Waals surface area (Å²) in [5, 5.41) is 28.2. The Morgan fingerprint density at radius 2 is 2.05 bits per heavy atom. The number of phenols is 2. The van der Waals surface area contributed by atoms with Gasteiger partial charge in [-0.05, 0) is 37.3 Å². The molecular formula is C14H21NO4. The maximum Gasteiger partial charge on any atom is 0.323 e. The first-order valence-corrected chi connectivity index (χ1v) is 6.30. The number of phenolic OH excluding ortho intramolecular Hbond substituents is 2. The minimum Gasteiger partial charge on any atom is -0.504 e. The van der Waals surface area contributed by atoms with Crippen molar-refractivity contribution in [3.05, 3.63) is 23.8 Å². The molecule has 5 nitrogen and oxygen atoms in total. The van der Waals surface area contributed by atoms with Crippen LogP contribution in [0.3, 0.4) is 0 Å². The highest BCUT2D eigenvalue weighted by atomic mass is 16.4. The third kappa shape index (κ3) is 3.86. The van der Waals surface area contributed by atoms with Crippen molar-refractivity contribution in [3.63, 3.8) is 0 Å². The quantitative estimate of drug-likeness (QED) is 0.589. The number of carbonyl (C=O) groups is 1. The monoisotopic (exact) mass is 267 g/mol. The summed E-state index contributed by atoms with van der Waals surface area (Å²) in [6, 6.07) is 4.77. The molecule has 1 aromatic carbocycles. The maximum atomic E-state index is 11.0. The van der Waals surface area contributed by atoms with E-state index in [0.717, 1.165) is 6.42 Å². The SMILES string of the molecule is CCC(Cc1cccc(O)c1O)CC(C)(N)C(=O)O. The Bertz CT molecular complexity index is 457. The molecule has 0 radical (unpaired) electrons. The summed E-state index contributed by atoms with van der Waals surface area (Å²) >= 11 is 0. The fourth-order valence-electron chi connectivity index (χ4n) is 2.10.